The fourth-order valence-electron chi connectivity index (χ4n) is 4.06. The van der Waals surface area contributed by atoms with Crippen molar-refractivity contribution in [2.24, 2.45) is 0 Å². The van der Waals surface area contributed by atoms with Crippen LogP contribution in [0.1, 0.15) is 11.1 Å². The van der Waals surface area contributed by atoms with Crippen molar-refractivity contribution in [1.82, 2.24) is 0 Å². The van der Waals surface area contributed by atoms with E-state index in [1.165, 1.54) is 33.4 Å². The van der Waals surface area contributed by atoms with Crippen LogP contribution in [0.2, 0.25) is 0 Å². The highest BCUT2D eigenvalue weighted by atomic mass is 16.3. The van der Waals surface area contributed by atoms with Gasteiger partial charge in [-0.3, -0.25) is 0 Å². The van der Waals surface area contributed by atoms with Crippen LogP contribution >= 0.6 is 0 Å². The van der Waals surface area contributed by atoms with E-state index in [0.717, 1.165) is 24.0 Å². The largest absolute Gasteiger partial charge is 0.508 e. The molecule has 0 heterocycles. The van der Waals surface area contributed by atoms with Crippen molar-refractivity contribution in [3.8, 4) is 44.9 Å². The maximum Gasteiger partial charge on any atom is 0.115 e. The second-order valence-corrected chi connectivity index (χ2v) is 7.34. The number of phenolic OH excluding ortho intramolecular Hbond substituents is 2. The predicted molar refractivity (Wildman–Crippen MR) is 113 cm³/mol. The van der Waals surface area contributed by atoms with Gasteiger partial charge in [0.25, 0.3) is 0 Å². The normalized spacial score (nSPS) is 12.3. The molecule has 5 rings (SSSR count). The summed E-state index contributed by atoms with van der Waals surface area (Å²) in [7, 11) is 0. The molecule has 1 aliphatic carbocycles. The monoisotopic (exact) mass is 364 g/mol. The molecule has 136 valence electrons. The van der Waals surface area contributed by atoms with Crippen molar-refractivity contribution in [3.05, 3.63) is 96.1 Å². The fraction of sp³-hybridized carbons (Fsp3) is 0.0769. The van der Waals surface area contributed by atoms with E-state index in [0.29, 0.717) is 11.5 Å². The first-order valence-corrected chi connectivity index (χ1v) is 9.52. The van der Waals surface area contributed by atoms with Crippen LogP contribution in [-0.4, -0.2) is 10.2 Å². The summed E-state index contributed by atoms with van der Waals surface area (Å²) in [6.07, 6.45) is 2.04. The molecule has 0 aromatic heterocycles. The molecule has 28 heavy (non-hydrogen) atoms. The summed E-state index contributed by atoms with van der Waals surface area (Å²) in [6, 6.07) is 28.1. The Labute approximate surface area is 164 Å². The number of rotatable bonds is 2. The van der Waals surface area contributed by atoms with E-state index in [-0.39, 0.29) is 0 Å². The van der Waals surface area contributed by atoms with E-state index in [4.69, 9.17) is 0 Å². The summed E-state index contributed by atoms with van der Waals surface area (Å²) >= 11 is 0. The summed E-state index contributed by atoms with van der Waals surface area (Å²) in [6.45, 7) is 0. The van der Waals surface area contributed by atoms with Gasteiger partial charge in [-0.2, -0.15) is 0 Å². The average molecular weight is 364 g/mol. The molecule has 0 aliphatic heterocycles. The molecule has 0 bridgehead atoms. The van der Waals surface area contributed by atoms with Crippen LogP contribution in [0.4, 0.5) is 0 Å². The Balaban J connectivity index is 1.52. The molecule has 0 spiro atoms. The number of benzene rings is 4. The van der Waals surface area contributed by atoms with Crippen LogP contribution in [0.25, 0.3) is 33.4 Å². The Morgan fingerprint density at radius 1 is 0.429 bits per heavy atom. The lowest BCUT2D eigenvalue weighted by atomic mass is 9.83. The van der Waals surface area contributed by atoms with Crippen LogP contribution < -0.4 is 0 Å². The van der Waals surface area contributed by atoms with E-state index in [1.807, 2.05) is 24.3 Å². The van der Waals surface area contributed by atoms with Crippen LogP contribution in [-0.2, 0) is 12.8 Å². The molecule has 2 heteroatoms. The topological polar surface area (TPSA) is 40.5 Å². The molecular weight excluding hydrogens is 344 g/mol. The van der Waals surface area contributed by atoms with Gasteiger partial charge in [0.05, 0.1) is 0 Å². The number of hydrogen-bond donors (Lipinski definition) is 2. The molecule has 0 saturated heterocycles. The first-order chi connectivity index (χ1) is 13.7. The zero-order valence-electron chi connectivity index (χ0n) is 15.4. The Kier molecular flexibility index (Phi) is 3.91. The van der Waals surface area contributed by atoms with E-state index >= 15 is 0 Å². The standard InChI is InChI=1S/C26H20O2/c27-23-9-3-17(4-10-23)19-7-13-25-21(15-19)1-2-22-16-20(8-14-26(22)25)18-5-11-24(28)12-6-18/h3-16,27-28H,1-2H2. The molecule has 0 fully saturated rings. The quantitative estimate of drug-likeness (QED) is 0.445. The fourth-order valence-corrected chi connectivity index (χ4v) is 4.06. The zero-order valence-corrected chi connectivity index (χ0v) is 15.4. The molecule has 1 aliphatic rings. The van der Waals surface area contributed by atoms with Gasteiger partial charge in [-0.1, -0.05) is 60.7 Å². The molecule has 0 amide bonds. The molecule has 4 aromatic carbocycles. The lowest BCUT2D eigenvalue weighted by molar-refractivity contribution is 0.475. The number of hydrogen-bond acceptors (Lipinski definition) is 2. The van der Waals surface area contributed by atoms with Crippen LogP contribution in [0, 0.1) is 0 Å². The highest BCUT2D eigenvalue weighted by molar-refractivity contribution is 5.80. The Hall–Kier alpha value is -3.52. The molecule has 0 unspecified atom stereocenters. The van der Waals surface area contributed by atoms with Crippen LogP contribution in [0.15, 0.2) is 84.9 Å². The molecule has 2 N–H and O–H groups in total. The Morgan fingerprint density at radius 3 is 1.18 bits per heavy atom. The number of phenols is 2. The maximum absolute atomic E-state index is 9.51. The van der Waals surface area contributed by atoms with Gasteiger partial charge in [-0.15, -0.1) is 0 Å². The third kappa shape index (κ3) is 2.93. The van der Waals surface area contributed by atoms with Crippen molar-refractivity contribution in [1.29, 1.82) is 0 Å². The van der Waals surface area contributed by atoms with Gasteiger partial charge in [-0.05, 0) is 81.6 Å². The third-order valence-corrected chi connectivity index (χ3v) is 5.57. The molecule has 0 radical (unpaired) electrons. The van der Waals surface area contributed by atoms with Gasteiger partial charge in [0.1, 0.15) is 11.5 Å². The van der Waals surface area contributed by atoms with Gasteiger partial charge >= 0.3 is 0 Å². The SMILES string of the molecule is Oc1ccc(-c2ccc3c(c2)CCc2cc(-c4ccc(O)cc4)ccc2-3)cc1. The summed E-state index contributed by atoms with van der Waals surface area (Å²) < 4.78 is 0. The second kappa shape index (κ2) is 6.58. The minimum absolute atomic E-state index is 0.292. The molecule has 4 aromatic rings. The van der Waals surface area contributed by atoms with E-state index in [1.54, 1.807) is 24.3 Å². The van der Waals surface area contributed by atoms with Crippen molar-refractivity contribution < 1.29 is 10.2 Å². The zero-order chi connectivity index (χ0) is 19.1. The summed E-state index contributed by atoms with van der Waals surface area (Å²) in [5.74, 6) is 0.583. The van der Waals surface area contributed by atoms with Crippen LogP contribution in [0.3, 0.4) is 0 Å². The highest BCUT2D eigenvalue weighted by Gasteiger charge is 2.17. The summed E-state index contributed by atoms with van der Waals surface area (Å²) in [5, 5.41) is 19.0. The van der Waals surface area contributed by atoms with Crippen molar-refractivity contribution in [3.63, 3.8) is 0 Å². The van der Waals surface area contributed by atoms with Crippen molar-refractivity contribution >= 4 is 0 Å². The Bertz CT molecular complexity index is 1060. The van der Waals surface area contributed by atoms with Gasteiger partial charge in [0.2, 0.25) is 0 Å². The highest BCUT2D eigenvalue weighted by Crippen LogP contribution is 2.38. The van der Waals surface area contributed by atoms with E-state index in [2.05, 4.69) is 36.4 Å². The van der Waals surface area contributed by atoms with Crippen LogP contribution in [0.5, 0.6) is 11.5 Å². The first-order valence-electron chi connectivity index (χ1n) is 9.52. The number of aryl methyl sites for hydroxylation is 2. The van der Waals surface area contributed by atoms with Gasteiger partial charge in [0.15, 0.2) is 0 Å². The number of aromatic hydroxyl groups is 2. The smallest absolute Gasteiger partial charge is 0.115 e. The predicted octanol–water partition coefficient (Wildman–Crippen LogP) is 6.20. The summed E-state index contributed by atoms with van der Waals surface area (Å²) in [5.41, 5.74) is 9.96. The lowest BCUT2D eigenvalue weighted by Gasteiger charge is -2.22. The minimum Gasteiger partial charge on any atom is -0.508 e. The molecule has 0 atom stereocenters. The first kappa shape index (κ1) is 16.6. The Morgan fingerprint density at radius 2 is 0.786 bits per heavy atom. The molecule has 0 saturated carbocycles. The van der Waals surface area contributed by atoms with Crippen molar-refractivity contribution in [2.75, 3.05) is 0 Å². The lowest BCUT2D eigenvalue weighted by Crippen LogP contribution is -2.04. The van der Waals surface area contributed by atoms with E-state index < -0.39 is 0 Å². The third-order valence-electron chi connectivity index (χ3n) is 5.57. The molecule has 2 nitrogen and oxygen atoms in total. The summed E-state index contributed by atoms with van der Waals surface area (Å²) in [4.78, 5) is 0. The van der Waals surface area contributed by atoms with Gasteiger partial charge in [-0.25, -0.2) is 0 Å². The van der Waals surface area contributed by atoms with Gasteiger partial charge in [0, 0.05) is 0 Å². The number of fused-ring (bicyclic) bond motifs is 3. The second-order valence-electron chi connectivity index (χ2n) is 7.34. The average Bonchev–Trinajstić information content (AvgIpc) is 2.74. The maximum atomic E-state index is 9.51. The van der Waals surface area contributed by atoms with Crippen molar-refractivity contribution in [2.45, 2.75) is 12.8 Å². The minimum atomic E-state index is 0.292. The van der Waals surface area contributed by atoms with Gasteiger partial charge < -0.3 is 10.2 Å². The van der Waals surface area contributed by atoms with E-state index in [9.17, 15) is 10.2 Å². The molecular formula is C26H20O2.